The summed E-state index contributed by atoms with van der Waals surface area (Å²) in [6.45, 7) is 0.743. The Hall–Kier alpha value is -1.20. The van der Waals surface area contributed by atoms with Gasteiger partial charge in [0.2, 0.25) is 0 Å². The Labute approximate surface area is 107 Å². The first-order chi connectivity index (χ1) is 8.29. The van der Waals surface area contributed by atoms with Crippen molar-refractivity contribution in [1.29, 1.82) is 5.26 Å². The van der Waals surface area contributed by atoms with Gasteiger partial charge in [0.15, 0.2) is 0 Å². The third-order valence-corrected chi connectivity index (χ3v) is 3.64. The van der Waals surface area contributed by atoms with Crippen molar-refractivity contribution < 1.29 is 4.74 Å². The van der Waals surface area contributed by atoms with E-state index in [0.29, 0.717) is 10.6 Å². The number of halogens is 1. The summed E-state index contributed by atoms with van der Waals surface area (Å²) in [7, 11) is 0. The first kappa shape index (κ1) is 12.3. The Morgan fingerprint density at radius 2 is 2.12 bits per heavy atom. The summed E-state index contributed by atoms with van der Waals surface area (Å²) < 4.78 is 5.65. The zero-order valence-corrected chi connectivity index (χ0v) is 10.5. The van der Waals surface area contributed by atoms with Crippen molar-refractivity contribution in [2.45, 2.75) is 32.1 Å². The van der Waals surface area contributed by atoms with Crippen LogP contribution in [0.5, 0.6) is 5.75 Å². The fourth-order valence-electron chi connectivity index (χ4n) is 2.32. The highest BCUT2D eigenvalue weighted by Gasteiger charge is 2.14. The van der Waals surface area contributed by atoms with Crippen LogP contribution in [0.2, 0.25) is 5.02 Å². The van der Waals surface area contributed by atoms with Gasteiger partial charge in [-0.1, -0.05) is 37.3 Å². The van der Waals surface area contributed by atoms with Gasteiger partial charge >= 0.3 is 0 Å². The molecule has 0 unspecified atom stereocenters. The molecule has 17 heavy (non-hydrogen) atoms. The molecule has 1 aromatic rings. The molecule has 1 fully saturated rings. The highest BCUT2D eigenvalue weighted by Crippen LogP contribution is 2.28. The lowest BCUT2D eigenvalue weighted by Gasteiger charge is -2.10. The average Bonchev–Trinajstić information content (AvgIpc) is 2.82. The molecule has 0 radical (unpaired) electrons. The summed E-state index contributed by atoms with van der Waals surface area (Å²) in [6, 6.07) is 7.26. The molecule has 1 aromatic carbocycles. The smallest absolute Gasteiger partial charge is 0.120 e. The molecule has 2 nitrogen and oxygen atoms in total. The standard InChI is InChI=1S/C14H16ClNO/c15-14-9-13(6-5-12(14)10-16)17-8-7-11-3-1-2-4-11/h5-6,9,11H,1-4,7-8H2. The molecule has 0 saturated heterocycles. The summed E-state index contributed by atoms with van der Waals surface area (Å²) >= 11 is 5.93. The summed E-state index contributed by atoms with van der Waals surface area (Å²) in [5, 5.41) is 9.22. The van der Waals surface area contributed by atoms with Crippen LogP contribution in [0.15, 0.2) is 18.2 Å². The second kappa shape index (κ2) is 5.93. The van der Waals surface area contributed by atoms with Gasteiger partial charge in [0.05, 0.1) is 17.2 Å². The molecule has 2 rings (SSSR count). The molecule has 1 saturated carbocycles. The molecule has 0 bridgehead atoms. The van der Waals surface area contributed by atoms with Crippen molar-refractivity contribution in [3.63, 3.8) is 0 Å². The van der Waals surface area contributed by atoms with E-state index in [0.717, 1.165) is 24.7 Å². The first-order valence-electron chi connectivity index (χ1n) is 6.12. The maximum Gasteiger partial charge on any atom is 0.120 e. The lowest BCUT2D eigenvalue weighted by atomic mass is 10.1. The Bertz CT molecular complexity index is 419. The quantitative estimate of drug-likeness (QED) is 0.802. The zero-order chi connectivity index (χ0) is 12.1. The van der Waals surface area contributed by atoms with Gasteiger partial charge in [-0.2, -0.15) is 5.26 Å². The predicted octanol–water partition coefficient (Wildman–Crippen LogP) is 4.17. The fourth-order valence-corrected chi connectivity index (χ4v) is 2.53. The number of nitrogens with zero attached hydrogens (tertiary/aromatic N) is 1. The Morgan fingerprint density at radius 3 is 2.76 bits per heavy atom. The van der Waals surface area contributed by atoms with Crippen LogP contribution in [0.3, 0.4) is 0 Å². The molecule has 1 aliphatic rings. The van der Waals surface area contributed by atoms with Gasteiger partial charge in [0.1, 0.15) is 11.8 Å². The minimum atomic E-state index is 0.464. The highest BCUT2D eigenvalue weighted by atomic mass is 35.5. The van der Waals surface area contributed by atoms with Crippen molar-refractivity contribution >= 4 is 11.6 Å². The van der Waals surface area contributed by atoms with Crippen molar-refractivity contribution in [3.05, 3.63) is 28.8 Å². The second-order valence-corrected chi connectivity index (χ2v) is 4.95. The van der Waals surface area contributed by atoms with Gasteiger partial charge in [0, 0.05) is 6.07 Å². The van der Waals surface area contributed by atoms with Crippen LogP contribution in [0.1, 0.15) is 37.7 Å². The Kier molecular flexibility index (Phi) is 4.28. The lowest BCUT2D eigenvalue weighted by molar-refractivity contribution is 0.279. The third-order valence-electron chi connectivity index (χ3n) is 3.33. The van der Waals surface area contributed by atoms with E-state index in [4.69, 9.17) is 21.6 Å². The molecule has 0 aliphatic heterocycles. The minimum Gasteiger partial charge on any atom is -0.494 e. The molecule has 90 valence electrons. The van der Waals surface area contributed by atoms with Crippen molar-refractivity contribution in [2.75, 3.05) is 6.61 Å². The first-order valence-corrected chi connectivity index (χ1v) is 6.50. The third kappa shape index (κ3) is 3.38. The van der Waals surface area contributed by atoms with E-state index in [1.165, 1.54) is 25.7 Å². The van der Waals surface area contributed by atoms with Gasteiger partial charge in [0.25, 0.3) is 0 Å². The number of ether oxygens (including phenoxy) is 1. The summed E-state index contributed by atoms with van der Waals surface area (Å²) in [5.74, 6) is 1.59. The second-order valence-electron chi connectivity index (χ2n) is 4.54. The molecule has 1 aliphatic carbocycles. The van der Waals surface area contributed by atoms with Gasteiger partial charge in [-0.25, -0.2) is 0 Å². The van der Waals surface area contributed by atoms with Crippen molar-refractivity contribution in [1.82, 2.24) is 0 Å². The van der Waals surface area contributed by atoms with Gasteiger partial charge in [-0.3, -0.25) is 0 Å². The van der Waals surface area contributed by atoms with E-state index >= 15 is 0 Å². The predicted molar refractivity (Wildman–Crippen MR) is 68.2 cm³/mol. The van der Waals surface area contributed by atoms with Gasteiger partial charge in [-0.05, 0) is 24.5 Å². The van der Waals surface area contributed by atoms with Crippen LogP contribution in [-0.4, -0.2) is 6.61 Å². The largest absolute Gasteiger partial charge is 0.494 e. The van der Waals surface area contributed by atoms with Crippen LogP contribution < -0.4 is 4.74 Å². The summed E-state index contributed by atoms with van der Waals surface area (Å²) in [6.07, 6.45) is 6.55. The van der Waals surface area contributed by atoms with Crippen LogP contribution >= 0.6 is 11.6 Å². The highest BCUT2D eigenvalue weighted by molar-refractivity contribution is 6.31. The Morgan fingerprint density at radius 1 is 1.35 bits per heavy atom. The molecule has 0 amide bonds. The number of nitriles is 1. The minimum absolute atomic E-state index is 0.464. The van der Waals surface area contributed by atoms with Crippen LogP contribution in [0.25, 0.3) is 0 Å². The zero-order valence-electron chi connectivity index (χ0n) is 9.79. The van der Waals surface area contributed by atoms with E-state index in [2.05, 4.69) is 0 Å². The molecule has 0 N–H and O–H groups in total. The topological polar surface area (TPSA) is 33.0 Å². The number of benzene rings is 1. The van der Waals surface area contributed by atoms with Crippen LogP contribution in [-0.2, 0) is 0 Å². The number of hydrogen-bond donors (Lipinski definition) is 0. The maximum absolute atomic E-state index is 8.75. The Balaban J connectivity index is 1.82. The summed E-state index contributed by atoms with van der Waals surface area (Å²) in [4.78, 5) is 0. The van der Waals surface area contributed by atoms with Gasteiger partial charge < -0.3 is 4.74 Å². The van der Waals surface area contributed by atoms with E-state index in [9.17, 15) is 0 Å². The van der Waals surface area contributed by atoms with E-state index in [1.54, 1.807) is 18.2 Å². The fraction of sp³-hybridized carbons (Fsp3) is 0.500. The van der Waals surface area contributed by atoms with E-state index < -0.39 is 0 Å². The van der Waals surface area contributed by atoms with Crippen LogP contribution in [0, 0.1) is 17.2 Å². The van der Waals surface area contributed by atoms with Crippen molar-refractivity contribution in [2.24, 2.45) is 5.92 Å². The normalized spacial score (nSPS) is 15.8. The number of hydrogen-bond acceptors (Lipinski definition) is 2. The number of rotatable bonds is 4. The molecule has 0 atom stereocenters. The van der Waals surface area contributed by atoms with Crippen molar-refractivity contribution in [3.8, 4) is 11.8 Å². The van der Waals surface area contributed by atoms with E-state index in [-0.39, 0.29) is 0 Å². The molecule has 3 heteroatoms. The van der Waals surface area contributed by atoms with Crippen LogP contribution in [0.4, 0.5) is 0 Å². The molecule has 0 heterocycles. The SMILES string of the molecule is N#Cc1ccc(OCCC2CCCC2)cc1Cl. The molecular formula is C14H16ClNO. The maximum atomic E-state index is 8.75. The molecule has 0 spiro atoms. The molecule has 0 aromatic heterocycles. The summed E-state index contributed by atoms with van der Waals surface area (Å²) in [5.41, 5.74) is 0.495. The average molecular weight is 250 g/mol. The molecular weight excluding hydrogens is 234 g/mol. The lowest BCUT2D eigenvalue weighted by Crippen LogP contribution is -2.03. The van der Waals surface area contributed by atoms with Gasteiger partial charge in [-0.15, -0.1) is 0 Å². The monoisotopic (exact) mass is 249 g/mol. The van der Waals surface area contributed by atoms with E-state index in [1.807, 2.05) is 6.07 Å².